The molecule has 1 aliphatic carbocycles. The van der Waals surface area contributed by atoms with Crippen molar-refractivity contribution in [2.45, 2.75) is 31.8 Å². The highest BCUT2D eigenvalue weighted by Crippen LogP contribution is 2.27. The van der Waals surface area contributed by atoms with E-state index < -0.39 is 0 Å². The van der Waals surface area contributed by atoms with Gasteiger partial charge in [0.25, 0.3) is 0 Å². The summed E-state index contributed by atoms with van der Waals surface area (Å²) in [7, 11) is 0. The lowest BCUT2D eigenvalue weighted by Gasteiger charge is -2.27. The fourth-order valence-corrected chi connectivity index (χ4v) is 3.18. The van der Waals surface area contributed by atoms with Crippen molar-refractivity contribution in [1.82, 2.24) is 15.2 Å². The predicted octanol–water partition coefficient (Wildman–Crippen LogP) is 0.930. The average Bonchev–Trinajstić information content (AvgIpc) is 2.81. The molecule has 1 aliphatic heterocycles. The van der Waals surface area contributed by atoms with Crippen LogP contribution in [0.4, 0.5) is 4.39 Å². The van der Waals surface area contributed by atoms with E-state index in [-0.39, 0.29) is 36.2 Å². The van der Waals surface area contributed by atoms with Gasteiger partial charge in [-0.25, -0.2) is 4.39 Å². The monoisotopic (exact) mass is 307 g/mol. The minimum atomic E-state index is -0.315. The van der Waals surface area contributed by atoms with Gasteiger partial charge in [0.1, 0.15) is 5.82 Å². The summed E-state index contributed by atoms with van der Waals surface area (Å²) in [5.74, 6) is -0.0587. The maximum Gasteiger partial charge on any atom is 0.223 e. The molecule has 2 aliphatic rings. The molecular formula is C16H22FN3O2. The maximum absolute atomic E-state index is 13.7. The second-order valence-electron chi connectivity index (χ2n) is 6.35. The van der Waals surface area contributed by atoms with Gasteiger partial charge in [-0.1, -0.05) is 6.42 Å². The fourth-order valence-electron chi connectivity index (χ4n) is 3.18. The van der Waals surface area contributed by atoms with Crippen molar-refractivity contribution in [3.8, 4) is 0 Å². The molecule has 0 spiro atoms. The van der Waals surface area contributed by atoms with Crippen LogP contribution in [0.3, 0.4) is 0 Å². The van der Waals surface area contributed by atoms with Crippen molar-refractivity contribution >= 4 is 5.91 Å². The number of hydrogen-bond donors (Lipinski definition) is 2. The zero-order chi connectivity index (χ0) is 15.5. The van der Waals surface area contributed by atoms with Crippen LogP contribution < -0.4 is 5.32 Å². The molecule has 0 radical (unpaired) electrons. The van der Waals surface area contributed by atoms with Gasteiger partial charge >= 0.3 is 0 Å². The van der Waals surface area contributed by atoms with Gasteiger partial charge in [0, 0.05) is 55.9 Å². The van der Waals surface area contributed by atoms with Gasteiger partial charge < -0.3 is 10.4 Å². The smallest absolute Gasteiger partial charge is 0.223 e. The summed E-state index contributed by atoms with van der Waals surface area (Å²) in [4.78, 5) is 17.9. The van der Waals surface area contributed by atoms with Crippen LogP contribution in [-0.4, -0.2) is 46.6 Å². The first kappa shape index (κ1) is 15.4. The summed E-state index contributed by atoms with van der Waals surface area (Å²) in [6, 6.07) is 1.62. The Labute approximate surface area is 129 Å². The number of amides is 1. The van der Waals surface area contributed by atoms with E-state index in [0.717, 1.165) is 19.3 Å². The number of nitrogens with one attached hydrogen (secondary N) is 1. The average molecular weight is 307 g/mol. The minimum Gasteiger partial charge on any atom is -0.396 e. The number of aromatic nitrogens is 1. The summed E-state index contributed by atoms with van der Waals surface area (Å²) in [5.41, 5.74) is 0.595. The molecule has 0 aromatic carbocycles. The van der Waals surface area contributed by atoms with Gasteiger partial charge in [0.2, 0.25) is 5.91 Å². The van der Waals surface area contributed by atoms with Crippen molar-refractivity contribution in [1.29, 1.82) is 0 Å². The molecule has 2 fully saturated rings. The third kappa shape index (κ3) is 3.28. The number of aliphatic hydroxyl groups excluding tert-OH is 1. The maximum atomic E-state index is 13.7. The van der Waals surface area contributed by atoms with Gasteiger partial charge in [-0.15, -0.1) is 0 Å². The van der Waals surface area contributed by atoms with Crippen LogP contribution >= 0.6 is 0 Å². The third-order valence-corrected chi connectivity index (χ3v) is 4.81. The normalized spacial score (nSPS) is 25.9. The standard InChI is InChI=1S/C16H22FN3O2/c17-14-6-18-5-4-12(14)7-20-8-13(10-21)15(9-20)19-16(22)11-2-1-3-11/h4-6,11,13,15,21H,1-3,7-10H2,(H,19,22)/t13-,15+/m0/s1. The van der Waals surface area contributed by atoms with Crippen LogP contribution in [0, 0.1) is 17.7 Å². The van der Waals surface area contributed by atoms with Crippen molar-refractivity contribution in [3.63, 3.8) is 0 Å². The molecule has 1 saturated heterocycles. The number of rotatable bonds is 5. The Morgan fingerprint density at radius 2 is 2.27 bits per heavy atom. The lowest BCUT2D eigenvalue weighted by Crippen LogP contribution is -2.45. The summed E-state index contributed by atoms with van der Waals surface area (Å²) < 4.78 is 13.7. The van der Waals surface area contributed by atoms with Gasteiger partial charge in [-0.2, -0.15) is 0 Å². The Morgan fingerprint density at radius 1 is 1.45 bits per heavy atom. The molecule has 0 unspecified atom stereocenters. The Balaban J connectivity index is 1.59. The SMILES string of the molecule is O=C(N[C@@H]1CN(Cc2ccncc2F)C[C@H]1CO)C1CCC1. The first-order chi connectivity index (χ1) is 10.7. The summed E-state index contributed by atoms with van der Waals surface area (Å²) in [5, 5.41) is 12.6. The first-order valence-corrected chi connectivity index (χ1v) is 7.89. The van der Waals surface area contributed by atoms with Crippen LogP contribution in [0.5, 0.6) is 0 Å². The Hall–Kier alpha value is -1.53. The van der Waals surface area contributed by atoms with Gasteiger partial charge in [0.15, 0.2) is 0 Å². The molecule has 1 aromatic rings. The first-order valence-electron chi connectivity index (χ1n) is 7.89. The number of hydrogen-bond acceptors (Lipinski definition) is 4. The Kier molecular flexibility index (Phi) is 4.69. The summed E-state index contributed by atoms with van der Waals surface area (Å²) in [6.07, 6.45) is 5.85. The van der Waals surface area contributed by atoms with Crippen molar-refractivity contribution in [3.05, 3.63) is 29.8 Å². The van der Waals surface area contributed by atoms with Crippen LogP contribution in [0.15, 0.2) is 18.5 Å². The van der Waals surface area contributed by atoms with Crippen LogP contribution in [0.2, 0.25) is 0 Å². The molecule has 6 heteroatoms. The molecule has 2 N–H and O–H groups in total. The van der Waals surface area contributed by atoms with E-state index in [1.165, 1.54) is 6.20 Å². The van der Waals surface area contributed by atoms with Gasteiger partial charge in [-0.3, -0.25) is 14.7 Å². The lowest BCUT2D eigenvalue weighted by molar-refractivity contribution is -0.128. The van der Waals surface area contributed by atoms with Gasteiger partial charge in [0.05, 0.1) is 6.20 Å². The number of pyridine rings is 1. The second-order valence-corrected chi connectivity index (χ2v) is 6.35. The summed E-state index contributed by atoms with van der Waals surface area (Å²) in [6.45, 7) is 1.81. The Morgan fingerprint density at radius 3 is 2.91 bits per heavy atom. The number of halogens is 1. The van der Waals surface area contributed by atoms with Crippen LogP contribution in [0.25, 0.3) is 0 Å². The molecule has 1 saturated carbocycles. The fraction of sp³-hybridized carbons (Fsp3) is 0.625. The highest BCUT2D eigenvalue weighted by atomic mass is 19.1. The van der Waals surface area contributed by atoms with Crippen LogP contribution in [-0.2, 0) is 11.3 Å². The molecule has 22 heavy (non-hydrogen) atoms. The van der Waals surface area contributed by atoms with E-state index in [9.17, 15) is 14.3 Å². The molecule has 3 rings (SSSR count). The van der Waals surface area contributed by atoms with E-state index in [2.05, 4.69) is 15.2 Å². The zero-order valence-corrected chi connectivity index (χ0v) is 12.5. The van der Waals surface area contributed by atoms with Gasteiger partial charge in [-0.05, 0) is 18.9 Å². The van der Waals surface area contributed by atoms with Crippen molar-refractivity contribution < 1.29 is 14.3 Å². The Bertz CT molecular complexity index is 536. The van der Waals surface area contributed by atoms with E-state index in [0.29, 0.717) is 25.2 Å². The molecule has 2 atom stereocenters. The van der Waals surface area contributed by atoms with Crippen molar-refractivity contribution in [2.24, 2.45) is 11.8 Å². The van der Waals surface area contributed by atoms with E-state index in [1.807, 2.05) is 0 Å². The highest BCUT2D eigenvalue weighted by Gasteiger charge is 2.35. The van der Waals surface area contributed by atoms with E-state index >= 15 is 0 Å². The predicted molar refractivity (Wildman–Crippen MR) is 79.3 cm³/mol. The lowest BCUT2D eigenvalue weighted by atomic mass is 9.84. The molecule has 1 aromatic heterocycles. The topological polar surface area (TPSA) is 65.5 Å². The number of likely N-dealkylation sites (tertiary alicyclic amines) is 1. The molecule has 5 nitrogen and oxygen atoms in total. The molecule has 2 heterocycles. The van der Waals surface area contributed by atoms with E-state index in [4.69, 9.17) is 0 Å². The highest BCUT2D eigenvalue weighted by molar-refractivity contribution is 5.79. The molecular weight excluding hydrogens is 285 g/mol. The summed E-state index contributed by atoms with van der Waals surface area (Å²) >= 11 is 0. The largest absolute Gasteiger partial charge is 0.396 e. The minimum absolute atomic E-state index is 0.00826. The second kappa shape index (κ2) is 6.71. The van der Waals surface area contributed by atoms with Crippen LogP contribution in [0.1, 0.15) is 24.8 Å². The zero-order valence-electron chi connectivity index (χ0n) is 12.5. The van der Waals surface area contributed by atoms with Crippen molar-refractivity contribution in [2.75, 3.05) is 19.7 Å². The molecule has 0 bridgehead atoms. The molecule has 120 valence electrons. The number of nitrogens with zero attached hydrogens (tertiary/aromatic N) is 2. The van der Waals surface area contributed by atoms with E-state index in [1.54, 1.807) is 12.3 Å². The number of aliphatic hydroxyl groups is 1. The third-order valence-electron chi connectivity index (χ3n) is 4.81. The number of carbonyl (C=O) groups is 1. The number of carbonyl (C=O) groups excluding carboxylic acids is 1. The molecule has 1 amide bonds. The quantitative estimate of drug-likeness (QED) is 0.849.